The molecular formula is C12H28N2O. The van der Waals surface area contributed by atoms with Crippen molar-refractivity contribution >= 4 is 0 Å². The molecule has 0 aromatic carbocycles. The number of hydrogen-bond donors (Lipinski definition) is 1. The lowest BCUT2D eigenvalue weighted by Crippen LogP contribution is -2.37. The molecule has 0 spiro atoms. The van der Waals surface area contributed by atoms with Gasteiger partial charge in [0.05, 0.1) is 12.7 Å². The van der Waals surface area contributed by atoms with Gasteiger partial charge >= 0.3 is 0 Å². The van der Waals surface area contributed by atoms with E-state index in [1.807, 2.05) is 0 Å². The Morgan fingerprint density at radius 2 is 1.73 bits per heavy atom. The summed E-state index contributed by atoms with van der Waals surface area (Å²) in [6.45, 7) is 11.5. The lowest BCUT2D eigenvalue weighted by Gasteiger charge is -2.24. The molecule has 1 atom stereocenters. The van der Waals surface area contributed by atoms with Crippen molar-refractivity contribution in [3.63, 3.8) is 0 Å². The van der Waals surface area contributed by atoms with Crippen LogP contribution in [-0.2, 0) is 4.74 Å². The molecule has 15 heavy (non-hydrogen) atoms. The zero-order chi connectivity index (χ0) is 11.8. The molecule has 3 nitrogen and oxygen atoms in total. The van der Waals surface area contributed by atoms with Gasteiger partial charge in [-0.1, -0.05) is 27.7 Å². The van der Waals surface area contributed by atoms with Gasteiger partial charge in [-0.05, 0) is 20.0 Å². The molecule has 1 N–H and O–H groups in total. The van der Waals surface area contributed by atoms with Crippen molar-refractivity contribution in [3.05, 3.63) is 0 Å². The Morgan fingerprint density at radius 3 is 2.13 bits per heavy atom. The Hall–Kier alpha value is -0.120. The summed E-state index contributed by atoms with van der Waals surface area (Å²) in [4.78, 5) is 2.15. The second-order valence-electron chi connectivity index (χ2n) is 5.02. The number of nitrogens with one attached hydrogen (secondary N) is 1. The number of ether oxygens (including phenoxy) is 1. The molecule has 0 fully saturated rings. The largest absolute Gasteiger partial charge is 0.375 e. The van der Waals surface area contributed by atoms with Crippen LogP contribution in [0.2, 0.25) is 0 Å². The van der Waals surface area contributed by atoms with E-state index in [1.54, 1.807) is 0 Å². The minimum atomic E-state index is 0.326. The van der Waals surface area contributed by atoms with Crippen LogP contribution in [0, 0.1) is 5.92 Å². The van der Waals surface area contributed by atoms with E-state index >= 15 is 0 Å². The van der Waals surface area contributed by atoms with E-state index in [0.717, 1.165) is 19.7 Å². The van der Waals surface area contributed by atoms with Gasteiger partial charge in [0.2, 0.25) is 0 Å². The average Bonchev–Trinajstić information content (AvgIpc) is 2.09. The lowest BCUT2D eigenvalue weighted by molar-refractivity contribution is 0.0151. The third-order valence-electron chi connectivity index (χ3n) is 2.34. The van der Waals surface area contributed by atoms with Gasteiger partial charge in [-0.3, -0.25) is 0 Å². The molecule has 0 bridgehead atoms. The molecule has 92 valence electrons. The summed E-state index contributed by atoms with van der Waals surface area (Å²) in [5.41, 5.74) is 0. The van der Waals surface area contributed by atoms with Crippen LogP contribution in [0.15, 0.2) is 0 Å². The number of rotatable bonds is 8. The SMILES string of the molecule is CC(C)NCC(OCCN(C)C)C(C)C. The highest BCUT2D eigenvalue weighted by atomic mass is 16.5. The van der Waals surface area contributed by atoms with Gasteiger partial charge in [0.25, 0.3) is 0 Å². The normalized spacial score (nSPS) is 14.2. The monoisotopic (exact) mass is 216 g/mol. The Labute approximate surface area is 95.2 Å². The van der Waals surface area contributed by atoms with E-state index < -0.39 is 0 Å². The zero-order valence-corrected chi connectivity index (χ0v) is 11.2. The van der Waals surface area contributed by atoms with E-state index in [4.69, 9.17) is 4.74 Å². The van der Waals surface area contributed by atoms with Crippen LogP contribution < -0.4 is 5.32 Å². The molecule has 0 aromatic rings. The van der Waals surface area contributed by atoms with Gasteiger partial charge in [-0.2, -0.15) is 0 Å². The predicted octanol–water partition coefficient (Wildman–Crippen LogP) is 1.59. The van der Waals surface area contributed by atoms with E-state index in [2.05, 4.69) is 52.0 Å². The third kappa shape index (κ3) is 8.85. The van der Waals surface area contributed by atoms with Crippen molar-refractivity contribution < 1.29 is 4.74 Å². The lowest BCUT2D eigenvalue weighted by atomic mass is 10.1. The Bertz CT molecular complexity index is 147. The van der Waals surface area contributed by atoms with Crippen LogP contribution in [0.5, 0.6) is 0 Å². The topological polar surface area (TPSA) is 24.5 Å². The minimum Gasteiger partial charge on any atom is -0.375 e. The first-order chi connectivity index (χ1) is 6.93. The highest BCUT2D eigenvalue weighted by molar-refractivity contribution is 4.67. The second kappa shape index (κ2) is 8.08. The summed E-state index contributed by atoms with van der Waals surface area (Å²) < 4.78 is 5.86. The van der Waals surface area contributed by atoms with E-state index in [9.17, 15) is 0 Å². The maximum Gasteiger partial charge on any atom is 0.0723 e. The number of hydrogen-bond acceptors (Lipinski definition) is 3. The highest BCUT2D eigenvalue weighted by Gasteiger charge is 2.13. The van der Waals surface area contributed by atoms with E-state index in [1.165, 1.54) is 0 Å². The van der Waals surface area contributed by atoms with Crippen LogP contribution in [0.1, 0.15) is 27.7 Å². The molecule has 0 saturated carbocycles. The number of nitrogens with zero attached hydrogens (tertiary/aromatic N) is 1. The predicted molar refractivity (Wildman–Crippen MR) is 66.3 cm³/mol. The molecule has 0 saturated heterocycles. The van der Waals surface area contributed by atoms with Crippen LogP contribution in [0.3, 0.4) is 0 Å². The van der Waals surface area contributed by atoms with Crippen molar-refractivity contribution in [2.75, 3.05) is 33.8 Å². The average molecular weight is 216 g/mol. The summed E-state index contributed by atoms with van der Waals surface area (Å²) in [5, 5.41) is 3.43. The first-order valence-corrected chi connectivity index (χ1v) is 5.93. The van der Waals surface area contributed by atoms with Crippen LogP contribution in [0.4, 0.5) is 0 Å². The molecule has 0 rings (SSSR count). The van der Waals surface area contributed by atoms with Crippen LogP contribution >= 0.6 is 0 Å². The zero-order valence-electron chi connectivity index (χ0n) is 11.2. The third-order valence-corrected chi connectivity index (χ3v) is 2.34. The van der Waals surface area contributed by atoms with E-state index in [0.29, 0.717) is 18.1 Å². The number of likely N-dealkylation sites (N-methyl/N-ethyl adjacent to an activating group) is 1. The van der Waals surface area contributed by atoms with Gasteiger partial charge in [0, 0.05) is 19.1 Å². The molecule has 0 heterocycles. The molecule has 3 heteroatoms. The highest BCUT2D eigenvalue weighted by Crippen LogP contribution is 2.05. The smallest absolute Gasteiger partial charge is 0.0723 e. The maximum absolute atomic E-state index is 5.86. The van der Waals surface area contributed by atoms with Crippen LogP contribution in [-0.4, -0.2) is 50.8 Å². The molecule has 0 aliphatic rings. The summed E-state index contributed by atoms with van der Waals surface area (Å²) in [6, 6.07) is 0.531. The molecule has 1 unspecified atom stereocenters. The molecular weight excluding hydrogens is 188 g/mol. The van der Waals surface area contributed by atoms with Crippen molar-refractivity contribution in [1.29, 1.82) is 0 Å². The quantitative estimate of drug-likeness (QED) is 0.667. The van der Waals surface area contributed by atoms with Crippen molar-refractivity contribution in [2.24, 2.45) is 5.92 Å². The van der Waals surface area contributed by atoms with Gasteiger partial charge < -0.3 is 15.0 Å². The van der Waals surface area contributed by atoms with Gasteiger partial charge in [0.1, 0.15) is 0 Å². The van der Waals surface area contributed by atoms with Crippen LogP contribution in [0.25, 0.3) is 0 Å². The van der Waals surface area contributed by atoms with Crippen molar-refractivity contribution in [3.8, 4) is 0 Å². The van der Waals surface area contributed by atoms with Crippen molar-refractivity contribution in [2.45, 2.75) is 39.8 Å². The molecule has 0 amide bonds. The molecule has 0 aliphatic heterocycles. The Balaban J connectivity index is 3.73. The fraction of sp³-hybridized carbons (Fsp3) is 1.00. The molecule has 0 aliphatic carbocycles. The van der Waals surface area contributed by atoms with E-state index in [-0.39, 0.29) is 0 Å². The summed E-state index contributed by atoms with van der Waals surface area (Å²) in [7, 11) is 4.14. The summed E-state index contributed by atoms with van der Waals surface area (Å²) in [5.74, 6) is 0.568. The Morgan fingerprint density at radius 1 is 1.13 bits per heavy atom. The second-order valence-corrected chi connectivity index (χ2v) is 5.02. The Kier molecular flexibility index (Phi) is 8.02. The molecule has 0 aromatic heterocycles. The fourth-order valence-electron chi connectivity index (χ4n) is 1.23. The summed E-state index contributed by atoms with van der Waals surface area (Å²) in [6.07, 6.45) is 0.326. The van der Waals surface area contributed by atoms with Gasteiger partial charge in [0.15, 0.2) is 0 Å². The van der Waals surface area contributed by atoms with Crippen molar-refractivity contribution in [1.82, 2.24) is 10.2 Å². The fourth-order valence-corrected chi connectivity index (χ4v) is 1.23. The summed E-state index contributed by atoms with van der Waals surface area (Å²) >= 11 is 0. The first-order valence-electron chi connectivity index (χ1n) is 5.93. The standard InChI is InChI=1S/C12H28N2O/c1-10(2)12(9-13-11(3)4)15-8-7-14(5)6/h10-13H,7-9H2,1-6H3. The maximum atomic E-state index is 5.86. The minimum absolute atomic E-state index is 0.326. The first kappa shape index (κ1) is 14.9. The van der Waals surface area contributed by atoms with Gasteiger partial charge in [-0.25, -0.2) is 0 Å². The van der Waals surface area contributed by atoms with Gasteiger partial charge in [-0.15, -0.1) is 0 Å². The molecule has 0 radical (unpaired) electrons.